The van der Waals surface area contributed by atoms with Gasteiger partial charge in [0.2, 0.25) is 11.8 Å². The van der Waals surface area contributed by atoms with Crippen LogP contribution >= 0.6 is 0 Å². The molecule has 1 aliphatic heterocycles. The van der Waals surface area contributed by atoms with Gasteiger partial charge < -0.3 is 9.80 Å². The van der Waals surface area contributed by atoms with Crippen LogP contribution in [0.4, 0.5) is 5.69 Å². The maximum atomic E-state index is 13.1. The molecule has 2 aromatic carbocycles. The van der Waals surface area contributed by atoms with Gasteiger partial charge in [-0.1, -0.05) is 48.5 Å². The van der Waals surface area contributed by atoms with E-state index < -0.39 is 6.04 Å². The minimum absolute atomic E-state index is 0.105. The van der Waals surface area contributed by atoms with Crippen LogP contribution in [0.3, 0.4) is 0 Å². The second-order valence-corrected chi connectivity index (χ2v) is 7.57. The average Bonchev–Trinajstić information content (AvgIpc) is 2.81. The van der Waals surface area contributed by atoms with Gasteiger partial charge in [0.15, 0.2) is 0 Å². The topological polar surface area (TPSA) is 75.5 Å². The predicted octanol–water partition coefficient (Wildman–Crippen LogP) is 2.56. The summed E-state index contributed by atoms with van der Waals surface area (Å²) in [6.45, 7) is 0.409. The molecule has 0 aliphatic carbocycles. The van der Waals surface area contributed by atoms with Gasteiger partial charge in [-0.25, -0.2) is 4.68 Å². The second kappa shape index (κ2) is 8.95. The maximum Gasteiger partial charge on any atom is 0.267 e. The summed E-state index contributed by atoms with van der Waals surface area (Å²) in [5, 5.41) is 4.35. The van der Waals surface area contributed by atoms with Crippen LogP contribution in [0.1, 0.15) is 12.8 Å². The molecule has 4 rings (SSSR count). The Balaban J connectivity index is 1.51. The lowest BCUT2D eigenvalue weighted by Gasteiger charge is -2.36. The minimum Gasteiger partial charge on any atom is -0.332 e. The van der Waals surface area contributed by atoms with Crippen molar-refractivity contribution in [2.45, 2.75) is 25.4 Å². The molecular weight excluding hydrogens is 392 g/mol. The van der Waals surface area contributed by atoms with Crippen LogP contribution in [0.25, 0.3) is 11.3 Å². The molecule has 7 nitrogen and oxygen atoms in total. The molecule has 1 aromatic heterocycles. The molecule has 1 atom stereocenters. The fourth-order valence-corrected chi connectivity index (χ4v) is 3.82. The van der Waals surface area contributed by atoms with Crippen molar-refractivity contribution in [2.75, 3.05) is 18.5 Å². The van der Waals surface area contributed by atoms with E-state index in [1.807, 2.05) is 60.7 Å². The summed E-state index contributed by atoms with van der Waals surface area (Å²) in [5.74, 6) is -0.431. The Morgan fingerprint density at radius 1 is 1.00 bits per heavy atom. The van der Waals surface area contributed by atoms with Gasteiger partial charge in [0, 0.05) is 30.9 Å². The van der Waals surface area contributed by atoms with Crippen LogP contribution in [-0.2, 0) is 16.1 Å². The SMILES string of the molecule is CN(C(=O)Cn1nc(-c2ccccc2)ccc1=O)C1CCCN(c2ccccc2)C1=O. The molecule has 1 unspecified atom stereocenters. The molecule has 2 amide bonds. The second-order valence-electron chi connectivity index (χ2n) is 7.57. The molecular formula is C24H24N4O3. The van der Waals surface area contributed by atoms with E-state index in [-0.39, 0.29) is 23.9 Å². The number of anilines is 1. The average molecular weight is 416 g/mol. The summed E-state index contributed by atoms with van der Waals surface area (Å²) >= 11 is 0. The third kappa shape index (κ3) is 4.40. The Bertz CT molecular complexity index is 1130. The largest absolute Gasteiger partial charge is 0.332 e. The third-order valence-electron chi connectivity index (χ3n) is 5.56. The zero-order chi connectivity index (χ0) is 21.8. The highest BCUT2D eigenvalue weighted by Crippen LogP contribution is 2.23. The number of para-hydroxylation sites is 1. The first kappa shape index (κ1) is 20.5. The minimum atomic E-state index is -0.561. The number of likely N-dealkylation sites (N-methyl/N-ethyl adjacent to an activating group) is 1. The monoisotopic (exact) mass is 416 g/mol. The Morgan fingerprint density at radius 3 is 2.39 bits per heavy atom. The molecule has 3 aromatic rings. The first-order chi connectivity index (χ1) is 15.0. The van der Waals surface area contributed by atoms with E-state index in [0.717, 1.165) is 22.4 Å². The van der Waals surface area contributed by atoms with Gasteiger partial charge >= 0.3 is 0 Å². The number of aromatic nitrogens is 2. The van der Waals surface area contributed by atoms with Crippen molar-refractivity contribution in [1.29, 1.82) is 0 Å². The van der Waals surface area contributed by atoms with Crippen LogP contribution in [0.5, 0.6) is 0 Å². The zero-order valence-electron chi connectivity index (χ0n) is 17.3. The van der Waals surface area contributed by atoms with Gasteiger partial charge in [-0.05, 0) is 31.0 Å². The lowest BCUT2D eigenvalue weighted by molar-refractivity contribution is -0.139. The normalized spacial score (nSPS) is 16.2. The summed E-state index contributed by atoms with van der Waals surface area (Å²) in [7, 11) is 1.62. The Hall–Kier alpha value is -3.74. The van der Waals surface area contributed by atoms with Gasteiger partial charge in [0.1, 0.15) is 12.6 Å². The molecule has 1 aliphatic rings. The molecule has 0 radical (unpaired) electrons. The molecule has 1 fully saturated rings. The van der Waals surface area contributed by atoms with Crippen molar-refractivity contribution in [1.82, 2.24) is 14.7 Å². The smallest absolute Gasteiger partial charge is 0.267 e. The highest BCUT2D eigenvalue weighted by molar-refractivity contribution is 5.99. The fraction of sp³-hybridized carbons (Fsp3) is 0.250. The van der Waals surface area contributed by atoms with Gasteiger partial charge in [0.05, 0.1) is 5.69 Å². The van der Waals surface area contributed by atoms with Crippen molar-refractivity contribution < 1.29 is 9.59 Å². The summed E-state index contributed by atoms with van der Waals surface area (Å²) in [5.41, 5.74) is 1.94. The van der Waals surface area contributed by atoms with E-state index >= 15 is 0 Å². The van der Waals surface area contributed by atoms with Crippen molar-refractivity contribution in [3.05, 3.63) is 83.2 Å². The number of nitrogens with zero attached hydrogens (tertiary/aromatic N) is 4. The summed E-state index contributed by atoms with van der Waals surface area (Å²) in [6.07, 6.45) is 1.39. The zero-order valence-corrected chi connectivity index (χ0v) is 17.3. The molecule has 31 heavy (non-hydrogen) atoms. The molecule has 0 saturated carbocycles. The number of benzene rings is 2. The Morgan fingerprint density at radius 2 is 1.68 bits per heavy atom. The van der Waals surface area contributed by atoms with E-state index in [9.17, 15) is 14.4 Å². The highest BCUT2D eigenvalue weighted by Gasteiger charge is 2.34. The quantitative estimate of drug-likeness (QED) is 0.641. The lowest BCUT2D eigenvalue weighted by Crippen LogP contribution is -2.54. The van der Waals surface area contributed by atoms with Crippen molar-refractivity contribution in [3.8, 4) is 11.3 Å². The van der Waals surface area contributed by atoms with Gasteiger partial charge in [-0.15, -0.1) is 0 Å². The molecule has 158 valence electrons. The molecule has 1 saturated heterocycles. The van der Waals surface area contributed by atoms with E-state index in [1.54, 1.807) is 18.0 Å². The molecule has 7 heteroatoms. The molecule has 0 spiro atoms. The Labute approximate surface area is 180 Å². The van der Waals surface area contributed by atoms with E-state index in [1.165, 1.54) is 11.0 Å². The number of carbonyl (C=O) groups is 2. The first-order valence-electron chi connectivity index (χ1n) is 10.3. The van der Waals surface area contributed by atoms with Crippen molar-refractivity contribution >= 4 is 17.5 Å². The van der Waals surface area contributed by atoms with Gasteiger partial charge in [-0.2, -0.15) is 5.10 Å². The number of hydrogen-bond donors (Lipinski definition) is 0. The van der Waals surface area contributed by atoms with Crippen molar-refractivity contribution in [3.63, 3.8) is 0 Å². The van der Waals surface area contributed by atoms with E-state index in [0.29, 0.717) is 18.7 Å². The number of amides is 2. The van der Waals surface area contributed by atoms with E-state index in [2.05, 4.69) is 5.10 Å². The number of piperidine rings is 1. The lowest BCUT2D eigenvalue weighted by atomic mass is 10.0. The summed E-state index contributed by atoms with van der Waals surface area (Å²) in [6, 6.07) is 21.4. The van der Waals surface area contributed by atoms with Crippen LogP contribution in [0.2, 0.25) is 0 Å². The number of rotatable bonds is 5. The van der Waals surface area contributed by atoms with Crippen molar-refractivity contribution in [2.24, 2.45) is 0 Å². The molecule has 2 heterocycles. The summed E-state index contributed by atoms with van der Waals surface area (Å²) < 4.78 is 1.16. The first-order valence-corrected chi connectivity index (χ1v) is 10.3. The maximum absolute atomic E-state index is 13.1. The highest BCUT2D eigenvalue weighted by atomic mass is 16.2. The van der Waals surface area contributed by atoms with Crippen LogP contribution in [-0.4, -0.2) is 46.1 Å². The van der Waals surface area contributed by atoms with E-state index in [4.69, 9.17) is 0 Å². The third-order valence-corrected chi connectivity index (χ3v) is 5.56. The van der Waals surface area contributed by atoms with Gasteiger partial charge in [-0.3, -0.25) is 14.4 Å². The van der Waals surface area contributed by atoms with Crippen LogP contribution < -0.4 is 10.5 Å². The predicted molar refractivity (Wildman–Crippen MR) is 119 cm³/mol. The summed E-state index contributed by atoms with van der Waals surface area (Å²) in [4.78, 5) is 41.5. The van der Waals surface area contributed by atoms with Gasteiger partial charge in [0.25, 0.3) is 5.56 Å². The molecule has 0 bridgehead atoms. The number of hydrogen-bond acceptors (Lipinski definition) is 4. The standard InChI is InChI=1S/C24H24N4O3/c1-26(21-13-8-16-27(24(21)31)19-11-6-3-7-12-19)23(30)17-28-22(29)15-14-20(25-28)18-9-4-2-5-10-18/h2-7,9-12,14-15,21H,8,13,16-17H2,1H3. The molecule has 0 N–H and O–H groups in total. The number of carbonyl (C=O) groups excluding carboxylic acids is 2. The fourth-order valence-electron chi connectivity index (χ4n) is 3.82. The van der Waals surface area contributed by atoms with Crippen LogP contribution in [0, 0.1) is 0 Å². The van der Waals surface area contributed by atoms with Crippen LogP contribution in [0.15, 0.2) is 77.6 Å². The Kier molecular flexibility index (Phi) is 5.93.